The summed E-state index contributed by atoms with van der Waals surface area (Å²) in [5.74, 6) is 0.766. The van der Waals surface area contributed by atoms with Crippen LogP contribution < -0.4 is 21.9 Å². The average Bonchev–Trinajstić information content (AvgIpc) is 2.91. The Kier molecular flexibility index (Phi) is 4.99. The maximum Gasteiger partial charge on any atom is 0.316 e. The van der Waals surface area contributed by atoms with Crippen molar-refractivity contribution in [2.75, 3.05) is 23.7 Å². The van der Waals surface area contributed by atoms with Gasteiger partial charge < -0.3 is 22.1 Å². The highest BCUT2D eigenvalue weighted by Crippen LogP contribution is 2.37. The molecule has 24 heavy (non-hydrogen) atoms. The van der Waals surface area contributed by atoms with Crippen LogP contribution in [0.15, 0.2) is 54.6 Å². The zero-order valence-electron chi connectivity index (χ0n) is 13.0. The molecule has 4 rings (SSSR count). The van der Waals surface area contributed by atoms with Crippen molar-refractivity contribution in [3.8, 4) is 0 Å². The van der Waals surface area contributed by atoms with Gasteiger partial charge in [0.05, 0.1) is 6.54 Å². The van der Waals surface area contributed by atoms with Crippen LogP contribution in [0, 0.1) is 5.82 Å². The Morgan fingerprint density at radius 2 is 1.79 bits per heavy atom. The van der Waals surface area contributed by atoms with Gasteiger partial charge in [0, 0.05) is 11.3 Å². The molecule has 1 atom stereocenters. The number of amidine groups is 1. The molecule has 0 bridgehead atoms. The van der Waals surface area contributed by atoms with Crippen molar-refractivity contribution in [2.45, 2.75) is 12.1 Å². The topological polar surface area (TPSA) is 26.5 Å². The van der Waals surface area contributed by atoms with Crippen LogP contribution in [0.2, 0.25) is 0 Å². The number of benzene rings is 2. The van der Waals surface area contributed by atoms with Crippen LogP contribution in [-0.2, 0) is 5.72 Å². The van der Waals surface area contributed by atoms with Crippen molar-refractivity contribution in [3.05, 3.63) is 66.0 Å². The lowest BCUT2D eigenvalue weighted by atomic mass is 10.0. The van der Waals surface area contributed by atoms with E-state index in [2.05, 4.69) is 21.6 Å². The zero-order valence-corrected chi connectivity index (χ0v) is 15.4. The first-order valence-electron chi connectivity index (χ1n) is 7.77. The second kappa shape index (κ2) is 6.86. The minimum atomic E-state index is -1.12. The highest BCUT2D eigenvalue weighted by molar-refractivity contribution is 8.13. The van der Waals surface area contributed by atoms with Gasteiger partial charge in [-0.1, -0.05) is 18.2 Å². The number of hydrogen-bond donors (Lipinski definition) is 1. The molecule has 2 heterocycles. The fourth-order valence-electron chi connectivity index (χ4n) is 3.27. The molecule has 2 aliphatic heterocycles. The fraction of sp³-hybridized carbons (Fsp3) is 0.278. The Morgan fingerprint density at radius 3 is 2.50 bits per heavy atom. The Morgan fingerprint density at radius 1 is 1.08 bits per heavy atom. The Bertz CT molecular complexity index is 753. The number of anilines is 1. The lowest BCUT2D eigenvalue weighted by molar-refractivity contribution is -0.656. The molecule has 0 saturated carbocycles. The van der Waals surface area contributed by atoms with Gasteiger partial charge in [0.25, 0.3) is 5.72 Å². The third-order valence-corrected chi connectivity index (χ3v) is 5.61. The van der Waals surface area contributed by atoms with E-state index < -0.39 is 5.72 Å². The van der Waals surface area contributed by atoms with E-state index in [0.29, 0.717) is 6.54 Å². The van der Waals surface area contributed by atoms with Crippen molar-refractivity contribution < 1.29 is 31.1 Å². The fourth-order valence-corrected chi connectivity index (χ4v) is 4.45. The van der Waals surface area contributed by atoms with Crippen LogP contribution in [-0.4, -0.2) is 33.7 Å². The van der Waals surface area contributed by atoms with E-state index in [1.165, 1.54) is 12.1 Å². The average molecular weight is 409 g/mol. The van der Waals surface area contributed by atoms with Crippen LogP contribution in [0.25, 0.3) is 0 Å². The number of aliphatic hydroxyl groups is 1. The second-order valence-electron chi connectivity index (χ2n) is 5.88. The summed E-state index contributed by atoms with van der Waals surface area (Å²) >= 11 is 1.77. The molecule has 0 saturated heterocycles. The van der Waals surface area contributed by atoms with Gasteiger partial charge >= 0.3 is 5.17 Å². The molecular weight excluding hydrogens is 391 g/mol. The summed E-state index contributed by atoms with van der Waals surface area (Å²) in [6.45, 7) is 1.25. The van der Waals surface area contributed by atoms with Gasteiger partial charge in [-0.25, -0.2) is 13.9 Å². The number of rotatable bonds is 2. The predicted octanol–water partition coefficient (Wildman–Crippen LogP) is 0.000400. The normalized spacial score (nSPS) is 23.0. The second-order valence-corrected chi connectivity index (χ2v) is 6.94. The first-order chi connectivity index (χ1) is 11.2. The number of hydrogen-bond acceptors (Lipinski definition) is 3. The quantitative estimate of drug-likeness (QED) is 0.708. The summed E-state index contributed by atoms with van der Waals surface area (Å²) in [6.07, 6.45) is 1.03. The zero-order chi connectivity index (χ0) is 15.9. The minimum Gasteiger partial charge on any atom is -1.00 e. The van der Waals surface area contributed by atoms with Crippen molar-refractivity contribution in [1.29, 1.82) is 0 Å². The van der Waals surface area contributed by atoms with E-state index in [-0.39, 0.29) is 22.8 Å². The van der Waals surface area contributed by atoms with Gasteiger partial charge in [-0.05, 0) is 54.6 Å². The molecule has 0 aliphatic carbocycles. The summed E-state index contributed by atoms with van der Waals surface area (Å²) in [4.78, 5) is 2.16. The molecule has 0 spiro atoms. The summed E-state index contributed by atoms with van der Waals surface area (Å²) in [6, 6.07) is 16.3. The highest BCUT2D eigenvalue weighted by Gasteiger charge is 2.53. The maximum absolute atomic E-state index is 13.3. The number of β-amino-alcohol motifs (C(OH)–C–C–N with tert-alkyl or cyclic N) is 1. The van der Waals surface area contributed by atoms with Crippen molar-refractivity contribution >= 4 is 22.6 Å². The van der Waals surface area contributed by atoms with Crippen molar-refractivity contribution in [1.82, 2.24) is 0 Å². The van der Waals surface area contributed by atoms with E-state index >= 15 is 0 Å². The third kappa shape index (κ3) is 2.87. The standard InChI is InChI=1S/C18H18FN2OS.BrH/c19-15-9-7-14(8-10-15)18(22)13-20(16-5-2-1-3-6-16)17-21(18)11-4-12-23-17;/h1-3,5-10,22H,4,11-13H2;1H/q+1;/p-1. The molecule has 1 N–H and O–H groups in total. The smallest absolute Gasteiger partial charge is 0.316 e. The third-order valence-electron chi connectivity index (χ3n) is 4.42. The van der Waals surface area contributed by atoms with Crippen molar-refractivity contribution in [2.24, 2.45) is 0 Å². The molecule has 0 radical (unpaired) electrons. The van der Waals surface area contributed by atoms with E-state index in [9.17, 15) is 9.50 Å². The molecule has 0 aromatic heterocycles. The van der Waals surface area contributed by atoms with Gasteiger partial charge in [0.15, 0.2) is 6.54 Å². The van der Waals surface area contributed by atoms with E-state index in [1.54, 1.807) is 23.9 Å². The molecule has 0 amide bonds. The number of halogens is 2. The summed E-state index contributed by atoms with van der Waals surface area (Å²) in [5.41, 5.74) is 0.684. The monoisotopic (exact) mass is 408 g/mol. The molecule has 1 unspecified atom stereocenters. The molecule has 2 aromatic carbocycles. The Balaban J connectivity index is 0.00000169. The minimum absolute atomic E-state index is 0. The lowest BCUT2D eigenvalue weighted by Crippen LogP contribution is -3.00. The summed E-state index contributed by atoms with van der Waals surface area (Å²) in [7, 11) is 0. The first kappa shape index (κ1) is 17.5. The highest BCUT2D eigenvalue weighted by atomic mass is 79.9. The van der Waals surface area contributed by atoms with E-state index in [4.69, 9.17) is 0 Å². The molecule has 0 fully saturated rings. The first-order valence-corrected chi connectivity index (χ1v) is 8.75. The predicted molar refractivity (Wildman–Crippen MR) is 91.3 cm³/mol. The van der Waals surface area contributed by atoms with E-state index in [1.807, 2.05) is 18.2 Å². The Hall–Kier alpha value is -1.37. The molecular formula is C18H18BrFN2OS. The van der Waals surface area contributed by atoms with Gasteiger partial charge in [-0.3, -0.25) is 0 Å². The van der Waals surface area contributed by atoms with Crippen LogP contribution in [0.5, 0.6) is 0 Å². The SMILES string of the molecule is OC1(c2ccc(F)cc2)CN(c2ccccc2)C2=[N+]1CCCS2.[Br-]. The Labute approximate surface area is 155 Å². The molecule has 126 valence electrons. The van der Waals surface area contributed by atoms with Crippen LogP contribution in [0.3, 0.4) is 0 Å². The van der Waals surface area contributed by atoms with Gasteiger partial charge in [-0.2, -0.15) is 0 Å². The van der Waals surface area contributed by atoms with E-state index in [0.717, 1.165) is 35.1 Å². The molecule has 3 nitrogen and oxygen atoms in total. The van der Waals surface area contributed by atoms with Crippen LogP contribution >= 0.6 is 11.8 Å². The van der Waals surface area contributed by atoms with Gasteiger partial charge in [0.2, 0.25) is 0 Å². The number of para-hydroxylation sites is 1. The number of nitrogens with zero attached hydrogens (tertiary/aromatic N) is 2. The largest absolute Gasteiger partial charge is 1.00 e. The molecule has 2 aliphatic rings. The van der Waals surface area contributed by atoms with Crippen LogP contribution in [0.4, 0.5) is 10.1 Å². The summed E-state index contributed by atoms with van der Waals surface area (Å²) < 4.78 is 15.3. The van der Waals surface area contributed by atoms with Gasteiger partial charge in [0.1, 0.15) is 11.5 Å². The number of thioether (sulfide) groups is 1. The van der Waals surface area contributed by atoms with Crippen LogP contribution in [0.1, 0.15) is 12.0 Å². The molecule has 6 heteroatoms. The lowest BCUT2D eigenvalue weighted by Gasteiger charge is -2.24. The van der Waals surface area contributed by atoms with Gasteiger partial charge in [-0.15, -0.1) is 0 Å². The van der Waals surface area contributed by atoms with Crippen molar-refractivity contribution in [3.63, 3.8) is 0 Å². The molecule has 2 aromatic rings. The summed E-state index contributed by atoms with van der Waals surface area (Å²) in [5, 5.41) is 12.5. The maximum atomic E-state index is 13.3.